The summed E-state index contributed by atoms with van der Waals surface area (Å²) in [5, 5.41) is 9.58. The molecule has 0 heterocycles. The monoisotopic (exact) mass is 599 g/mol. The minimum Gasteiger partial charge on any atom is -0.465 e. The van der Waals surface area contributed by atoms with E-state index in [2.05, 4.69) is 53.0 Å². The van der Waals surface area contributed by atoms with Crippen molar-refractivity contribution in [2.45, 2.75) is 131 Å². The van der Waals surface area contributed by atoms with Gasteiger partial charge in [0.2, 0.25) is 0 Å². The summed E-state index contributed by atoms with van der Waals surface area (Å²) in [5.41, 5.74) is 1.08. The number of rotatable bonds is 10. The summed E-state index contributed by atoms with van der Waals surface area (Å²) in [4.78, 5) is 41.9. The summed E-state index contributed by atoms with van der Waals surface area (Å²) in [6, 6.07) is 0. The quantitative estimate of drug-likeness (QED) is 0.0821. The molecule has 0 spiro atoms. The smallest absolute Gasteiger partial charge is 0.312 e. The molecule has 43 heavy (non-hydrogen) atoms. The van der Waals surface area contributed by atoms with Crippen molar-refractivity contribution in [3.63, 3.8) is 0 Å². The van der Waals surface area contributed by atoms with Crippen LogP contribution >= 0.6 is 0 Å². The second-order valence-corrected chi connectivity index (χ2v) is 16.6. The Bertz CT molecular complexity index is 1130. The van der Waals surface area contributed by atoms with Gasteiger partial charge in [-0.1, -0.05) is 53.2 Å². The first-order valence-electron chi connectivity index (χ1n) is 17.3. The largest absolute Gasteiger partial charge is 0.465 e. The van der Waals surface area contributed by atoms with Crippen molar-refractivity contribution in [3.05, 3.63) is 22.3 Å². The highest BCUT2D eigenvalue weighted by molar-refractivity contribution is 5.85. The Morgan fingerprint density at radius 1 is 0.884 bits per heavy atom. The average molecular weight is 600 g/mol. The van der Waals surface area contributed by atoms with Crippen LogP contribution in [0.15, 0.2) is 12.2 Å². The maximum absolute atomic E-state index is 14.1. The first-order chi connectivity index (χ1) is 20.1. The van der Waals surface area contributed by atoms with E-state index in [9.17, 15) is 19.7 Å². The van der Waals surface area contributed by atoms with E-state index in [0.29, 0.717) is 48.9 Å². The third kappa shape index (κ3) is 4.98. The summed E-state index contributed by atoms with van der Waals surface area (Å²) in [5.74, 6) is 2.63. The van der Waals surface area contributed by atoms with Crippen LogP contribution in [0.25, 0.3) is 0 Å². The Morgan fingerprint density at radius 2 is 1.58 bits per heavy atom. The van der Waals surface area contributed by atoms with E-state index in [1.54, 1.807) is 0 Å². The molecule has 7 nitrogen and oxygen atoms in total. The third-order valence-corrected chi connectivity index (χ3v) is 14.7. The summed E-state index contributed by atoms with van der Waals surface area (Å²) >= 11 is 0. The Labute approximate surface area is 259 Å². The van der Waals surface area contributed by atoms with Crippen LogP contribution in [-0.4, -0.2) is 30.1 Å². The summed E-state index contributed by atoms with van der Waals surface area (Å²) in [6.45, 7) is 19.3. The van der Waals surface area contributed by atoms with Gasteiger partial charge in [0.25, 0.3) is 5.09 Å². The van der Waals surface area contributed by atoms with Crippen molar-refractivity contribution in [1.82, 2.24) is 0 Å². The molecule has 0 amide bonds. The van der Waals surface area contributed by atoms with Crippen LogP contribution in [0, 0.1) is 66.8 Å². The molecule has 7 heteroatoms. The lowest BCUT2D eigenvalue weighted by molar-refractivity contribution is -0.757. The van der Waals surface area contributed by atoms with Gasteiger partial charge in [0.15, 0.2) is 0 Å². The van der Waals surface area contributed by atoms with Gasteiger partial charge in [0, 0.05) is 11.8 Å². The second-order valence-electron chi connectivity index (χ2n) is 16.6. The van der Waals surface area contributed by atoms with E-state index in [1.807, 2.05) is 0 Å². The van der Waals surface area contributed by atoms with E-state index in [1.165, 1.54) is 18.4 Å². The Hall–Kier alpha value is -1.92. The number of fused-ring (bicyclic) bond motifs is 7. The molecular formula is C36H57NO6. The fourth-order valence-electron chi connectivity index (χ4n) is 12.3. The molecular weight excluding hydrogens is 542 g/mol. The molecule has 5 fully saturated rings. The first-order valence-corrected chi connectivity index (χ1v) is 17.3. The van der Waals surface area contributed by atoms with Crippen LogP contribution in [0.2, 0.25) is 0 Å². The molecule has 0 saturated heterocycles. The average Bonchev–Trinajstić information content (AvgIpc) is 3.34. The molecule has 9 atom stereocenters. The van der Waals surface area contributed by atoms with Crippen molar-refractivity contribution in [2.24, 2.45) is 56.7 Å². The minimum atomic E-state index is -0.747. The van der Waals surface area contributed by atoms with Crippen LogP contribution in [0.4, 0.5) is 0 Å². The highest BCUT2D eigenvalue weighted by Gasteiger charge is 2.72. The number of ketones is 1. The number of unbranched alkanes of at least 4 members (excludes halogenated alkanes) is 3. The number of carbonyl (C=O) groups excluding carboxylic acids is 2. The number of Topliss-reactive ketones (excluding diaryl/α,β-unsaturated/α-hetero) is 1. The van der Waals surface area contributed by atoms with Crippen molar-refractivity contribution in [2.75, 3.05) is 13.2 Å². The summed E-state index contributed by atoms with van der Waals surface area (Å²) < 4.78 is 6.08. The standard InChI is InChI=1S/C36H57NO6/c1-24(2)25-14-19-36(31(39)42-22-10-8-9-11-23-43-37(40)41)21-20-34(6)26(30(25)36)12-13-28-33(5)17-16-29(38)32(3,4)27(33)15-18-35(28,34)7/h25-28,30H,1,8-23H2,2-7H3/t25-,26+,27-,28+,30+,33-,34+,35+,36-/m0/s1. The number of esters is 1. The van der Waals surface area contributed by atoms with Crippen LogP contribution in [-0.2, 0) is 19.2 Å². The van der Waals surface area contributed by atoms with E-state index in [-0.39, 0.29) is 40.2 Å². The van der Waals surface area contributed by atoms with Crippen molar-refractivity contribution < 1.29 is 24.3 Å². The first kappa shape index (κ1) is 32.5. The normalized spacial score (nSPS) is 43.0. The van der Waals surface area contributed by atoms with E-state index >= 15 is 0 Å². The molecule has 5 aliphatic carbocycles. The highest BCUT2D eigenvalue weighted by Crippen LogP contribution is 2.77. The predicted molar refractivity (Wildman–Crippen MR) is 166 cm³/mol. The van der Waals surface area contributed by atoms with Crippen molar-refractivity contribution in [1.29, 1.82) is 0 Å². The summed E-state index contributed by atoms with van der Waals surface area (Å²) in [6.07, 6.45) is 13.4. The van der Waals surface area contributed by atoms with Gasteiger partial charge in [-0.15, -0.1) is 10.1 Å². The number of hydrogen-bond acceptors (Lipinski definition) is 6. The van der Waals surface area contributed by atoms with Gasteiger partial charge in [0.1, 0.15) is 5.78 Å². The van der Waals surface area contributed by atoms with Crippen LogP contribution in [0.3, 0.4) is 0 Å². The second kappa shape index (κ2) is 11.5. The van der Waals surface area contributed by atoms with Crippen molar-refractivity contribution >= 4 is 11.8 Å². The molecule has 0 bridgehead atoms. The molecule has 0 radical (unpaired) electrons. The topological polar surface area (TPSA) is 95.7 Å². The fourth-order valence-corrected chi connectivity index (χ4v) is 12.3. The van der Waals surface area contributed by atoms with E-state index < -0.39 is 10.5 Å². The Kier molecular flexibility index (Phi) is 8.66. The molecule has 0 aromatic carbocycles. The van der Waals surface area contributed by atoms with Gasteiger partial charge in [0.05, 0.1) is 18.6 Å². The van der Waals surface area contributed by atoms with E-state index in [0.717, 1.165) is 64.2 Å². The molecule has 5 saturated carbocycles. The number of ether oxygens (including phenoxy) is 1. The van der Waals surface area contributed by atoms with Gasteiger partial charge in [-0.3, -0.25) is 9.59 Å². The molecule has 0 aromatic heterocycles. The Balaban J connectivity index is 1.34. The van der Waals surface area contributed by atoms with Gasteiger partial charge >= 0.3 is 5.97 Å². The van der Waals surface area contributed by atoms with Gasteiger partial charge in [-0.05, 0) is 130 Å². The zero-order valence-electron chi connectivity index (χ0n) is 27.8. The molecule has 242 valence electrons. The maximum Gasteiger partial charge on any atom is 0.312 e. The molecule has 5 aliphatic rings. The summed E-state index contributed by atoms with van der Waals surface area (Å²) in [7, 11) is 0. The van der Waals surface area contributed by atoms with Crippen LogP contribution in [0.5, 0.6) is 0 Å². The lowest BCUT2D eigenvalue weighted by atomic mass is 9.32. The molecule has 0 aliphatic heterocycles. The molecule has 0 unspecified atom stereocenters. The lowest BCUT2D eigenvalue weighted by Gasteiger charge is -2.72. The van der Waals surface area contributed by atoms with Crippen LogP contribution in [0.1, 0.15) is 131 Å². The zero-order chi connectivity index (χ0) is 31.4. The van der Waals surface area contributed by atoms with Gasteiger partial charge in [-0.25, -0.2) is 0 Å². The highest BCUT2D eigenvalue weighted by atomic mass is 16.9. The van der Waals surface area contributed by atoms with Gasteiger partial charge < -0.3 is 9.57 Å². The zero-order valence-corrected chi connectivity index (χ0v) is 27.8. The molecule has 5 rings (SSSR count). The maximum atomic E-state index is 14.1. The SMILES string of the molecule is C=C(C)[C@@H]1CC[C@]2(C(=O)OCCCCCCO[N+](=O)[O-])CC[C@]3(C)[C@H](CC[C@@H]4[C@@]5(C)CCC(=O)C(C)(C)[C@@H]5CC[C@]43C)[C@@H]12. The lowest BCUT2D eigenvalue weighted by Crippen LogP contribution is -2.66. The van der Waals surface area contributed by atoms with Crippen molar-refractivity contribution in [3.8, 4) is 0 Å². The predicted octanol–water partition coefficient (Wildman–Crippen LogP) is 8.53. The number of nitrogens with zero attached hydrogens (tertiary/aromatic N) is 1. The molecule has 0 N–H and O–H groups in total. The number of hydrogen-bond donors (Lipinski definition) is 0. The minimum absolute atomic E-state index is 0.00970. The van der Waals surface area contributed by atoms with Gasteiger partial charge in [-0.2, -0.15) is 0 Å². The fraction of sp³-hybridized carbons (Fsp3) is 0.889. The Morgan fingerprint density at radius 3 is 2.26 bits per heavy atom. The van der Waals surface area contributed by atoms with E-state index in [4.69, 9.17) is 4.74 Å². The number of allylic oxidation sites excluding steroid dienone is 1. The third-order valence-electron chi connectivity index (χ3n) is 14.7. The molecule has 0 aromatic rings. The van der Waals surface area contributed by atoms with Crippen LogP contribution < -0.4 is 0 Å². The number of carbonyl (C=O) groups is 2.